The first-order valence-electron chi connectivity index (χ1n) is 9.64. The van der Waals surface area contributed by atoms with Crippen molar-refractivity contribution in [1.82, 2.24) is 20.3 Å². The fourth-order valence-corrected chi connectivity index (χ4v) is 5.08. The zero-order valence-electron chi connectivity index (χ0n) is 15.6. The first kappa shape index (κ1) is 17.5. The molecule has 4 atom stereocenters. The van der Waals surface area contributed by atoms with Crippen molar-refractivity contribution in [3.05, 3.63) is 47.8 Å². The van der Waals surface area contributed by atoms with Crippen LogP contribution in [0.1, 0.15) is 28.8 Å². The summed E-state index contributed by atoms with van der Waals surface area (Å²) in [6.45, 7) is 3.96. The Morgan fingerprint density at radius 1 is 1.36 bits per heavy atom. The number of fused-ring (bicyclic) bond motifs is 1. The van der Waals surface area contributed by atoms with Gasteiger partial charge in [0.25, 0.3) is 5.91 Å². The van der Waals surface area contributed by atoms with Gasteiger partial charge in [0.1, 0.15) is 0 Å². The smallest absolute Gasteiger partial charge is 0.252 e. The minimum atomic E-state index is -0.440. The Hall–Kier alpha value is -2.61. The van der Waals surface area contributed by atoms with Gasteiger partial charge in [-0.1, -0.05) is 0 Å². The summed E-state index contributed by atoms with van der Waals surface area (Å²) in [6, 6.07) is 1.84. The summed E-state index contributed by atoms with van der Waals surface area (Å²) in [6.07, 6.45) is 7.89. The van der Waals surface area contributed by atoms with Crippen LogP contribution < -0.4 is 10.2 Å². The molecular weight excluding hydrogens is 361 g/mol. The minimum Gasteiger partial charge on any atom is -0.369 e. The average Bonchev–Trinajstić information content (AvgIpc) is 3.35. The molecule has 2 aromatic heterocycles. The van der Waals surface area contributed by atoms with Gasteiger partial charge in [0.05, 0.1) is 36.2 Å². The maximum Gasteiger partial charge on any atom is 0.252 e. The van der Waals surface area contributed by atoms with Crippen LogP contribution in [0.3, 0.4) is 0 Å². The highest BCUT2D eigenvalue weighted by Crippen LogP contribution is 2.54. The molecule has 1 N–H and O–H groups in total. The van der Waals surface area contributed by atoms with Crippen molar-refractivity contribution in [2.45, 2.75) is 31.5 Å². The molecule has 5 rings (SSSR count). The van der Waals surface area contributed by atoms with Crippen LogP contribution in [0.4, 0.5) is 10.3 Å². The van der Waals surface area contributed by atoms with E-state index in [1.165, 1.54) is 12.4 Å². The van der Waals surface area contributed by atoms with Gasteiger partial charge in [0.2, 0.25) is 5.95 Å². The monoisotopic (exact) mass is 383 g/mol. The van der Waals surface area contributed by atoms with Gasteiger partial charge in [-0.2, -0.15) is 0 Å². The largest absolute Gasteiger partial charge is 0.369 e. The molecule has 2 aromatic rings. The van der Waals surface area contributed by atoms with E-state index in [2.05, 4.69) is 25.2 Å². The number of hydrogen-bond acceptors (Lipinski definition) is 6. The highest BCUT2D eigenvalue weighted by Gasteiger charge is 2.63. The van der Waals surface area contributed by atoms with Gasteiger partial charge in [-0.3, -0.25) is 9.78 Å². The first-order valence-corrected chi connectivity index (χ1v) is 9.64. The molecule has 3 aliphatic heterocycles. The Labute approximate surface area is 162 Å². The van der Waals surface area contributed by atoms with Crippen LogP contribution in [-0.2, 0) is 4.74 Å². The zero-order chi connectivity index (χ0) is 19.3. The third-order valence-corrected chi connectivity index (χ3v) is 6.31. The number of pyridine rings is 1. The van der Waals surface area contributed by atoms with Crippen molar-refractivity contribution in [2.75, 3.05) is 24.5 Å². The third-order valence-electron chi connectivity index (χ3n) is 6.31. The maximum atomic E-state index is 13.1. The summed E-state index contributed by atoms with van der Waals surface area (Å²) in [5, 5.41) is 3.07. The lowest BCUT2D eigenvalue weighted by Gasteiger charge is -2.29. The quantitative estimate of drug-likeness (QED) is 0.866. The lowest BCUT2D eigenvalue weighted by Crippen LogP contribution is -2.41. The number of hydrogen-bond donors (Lipinski definition) is 1. The Bertz CT molecular complexity index is 908. The highest BCUT2D eigenvalue weighted by molar-refractivity contribution is 5.94. The number of amides is 1. The SMILES string of the molecule is Cc1cncc(C(=O)NC[C@H]2[C@H]3CN(c4ncc(F)cn4)C[C@]34CC[C@H]2O4)c1. The van der Waals surface area contributed by atoms with Crippen LogP contribution in [-0.4, -0.2) is 52.2 Å². The molecule has 0 radical (unpaired) electrons. The van der Waals surface area contributed by atoms with E-state index in [0.717, 1.165) is 24.9 Å². The summed E-state index contributed by atoms with van der Waals surface area (Å²) < 4.78 is 19.5. The number of halogens is 1. The van der Waals surface area contributed by atoms with Crippen LogP contribution in [0.15, 0.2) is 30.9 Å². The lowest BCUT2D eigenvalue weighted by molar-refractivity contribution is 0.0141. The molecule has 3 saturated heterocycles. The highest BCUT2D eigenvalue weighted by atomic mass is 19.1. The molecule has 5 heterocycles. The number of aryl methyl sites for hydroxylation is 1. The number of carbonyl (C=O) groups is 1. The summed E-state index contributed by atoms with van der Waals surface area (Å²) >= 11 is 0. The second kappa shape index (κ2) is 6.48. The zero-order valence-corrected chi connectivity index (χ0v) is 15.6. The van der Waals surface area contributed by atoms with Gasteiger partial charge in [-0.15, -0.1) is 0 Å². The van der Waals surface area contributed by atoms with Crippen LogP contribution in [0.2, 0.25) is 0 Å². The average molecular weight is 383 g/mol. The van der Waals surface area contributed by atoms with Crippen molar-refractivity contribution in [1.29, 1.82) is 0 Å². The van der Waals surface area contributed by atoms with E-state index in [-0.39, 0.29) is 23.5 Å². The van der Waals surface area contributed by atoms with Gasteiger partial charge in [0, 0.05) is 37.3 Å². The van der Waals surface area contributed by atoms with Crippen molar-refractivity contribution in [3.63, 3.8) is 0 Å². The first-order chi connectivity index (χ1) is 13.5. The van der Waals surface area contributed by atoms with Gasteiger partial charge >= 0.3 is 0 Å². The van der Waals surface area contributed by atoms with Crippen molar-refractivity contribution >= 4 is 11.9 Å². The molecule has 0 saturated carbocycles. The molecule has 2 bridgehead atoms. The van der Waals surface area contributed by atoms with E-state index in [1.807, 2.05) is 13.0 Å². The second-order valence-electron chi connectivity index (χ2n) is 8.07. The van der Waals surface area contributed by atoms with E-state index >= 15 is 0 Å². The number of nitrogens with one attached hydrogen (secondary N) is 1. The molecule has 0 aromatic carbocycles. The van der Waals surface area contributed by atoms with E-state index in [4.69, 9.17) is 4.74 Å². The molecule has 0 aliphatic carbocycles. The standard InChI is InChI=1S/C20H22FN5O2/c1-12-4-13(6-22-5-12)18(27)23-9-15-16-10-26(19-24-7-14(21)8-25-19)11-20(16)3-2-17(15)28-20/h4-8,15-17H,2-3,9-11H2,1H3,(H,23,27)/t15-,16+,17+,20+/m0/s1. The van der Waals surface area contributed by atoms with Gasteiger partial charge in [0.15, 0.2) is 5.82 Å². The molecule has 1 amide bonds. The third kappa shape index (κ3) is 2.83. The van der Waals surface area contributed by atoms with Crippen LogP contribution >= 0.6 is 0 Å². The van der Waals surface area contributed by atoms with E-state index in [0.29, 0.717) is 30.5 Å². The Balaban J connectivity index is 1.29. The number of ether oxygens (including phenoxy) is 1. The summed E-state index contributed by atoms with van der Waals surface area (Å²) in [5.74, 6) is 0.539. The Morgan fingerprint density at radius 2 is 2.18 bits per heavy atom. The molecule has 28 heavy (non-hydrogen) atoms. The van der Waals surface area contributed by atoms with E-state index in [9.17, 15) is 9.18 Å². The lowest BCUT2D eigenvalue weighted by atomic mass is 9.73. The van der Waals surface area contributed by atoms with Gasteiger partial charge in [-0.25, -0.2) is 14.4 Å². The molecule has 1 spiro atoms. The summed E-state index contributed by atoms with van der Waals surface area (Å²) in [7, 11) is 0. The summed E-state index contributed by atoms with van der Waals surface area (Å²) in [5.41, 5.74) is 1.33. The number of anilines is 1. The number of aromatic nitrogens is 3. The van der Waals surface area contributed by atoms with Crippen molar-refractivity contribution in [2.24, 2.45) is 11.8 Å². The number of carbonyl (C=O) groups excluding carboxylic acids is 1. The number of rotatable bonds is 4. The van der Waals surface area contributed by atoms with E-state index < -0.39 is 5.82 Å². The molecule has 3 fully saturated rings. The summed E-state index contributed by atoms with van der Waals surface area (Å²) in [4.78, 5) is 26.9. The normalized spacial score (nSPS) is 30.5. The maximum absolute atomic E-state index is 13.1. The molecule has 3 aliphatic rings. The van der Waals surface area contributed by atoms with Crippen molar-refractivity contribution < 1.29 is 13.9 Å². The van der Waals surface area contributed by atoms with Gasteiger partial charge < -0.3 is 15.0 Å². The number of nitrogens with zero attached hydrogens (tertiary/aromatic N) is 4. The second-order valence-corrected chi connectivity index (χ2v) is 8.07. The fourth-order valence-electron chi connectivity index (χ4n) is 5.08. The van der Waals surface area contributed by atoms with Crippen LogP contribution in [0, 0.1) is 24.6 Å². The van der Waals surface area contributed by atoms with E-state index in [1.54, 1.807) is 12.4 Å². The minimum absolute atomic E-state index is 0.107. The fraction of sp³-hybridized carbons (Fsp3) is 0.500. The molecule has 8 heteroatoms. The molecular formula is C20H22FN5O2. The topological polar surface area (TPSA) is 80.2 Å². The molecule has 7 nitrogen and oxygen atoms in total. The molecule has 146 valence electrons. The molecule has 0 unspecified atom stereocenters. The van der Waals surface area contributed by atoms with Crippen molar-refractivity contribution in [3.8, 4) is 0 Å². The predicted molar refractivity (Wildman–Crippen MR) is 99.3 cm³/mol. The predicted octanol–water partition coefficient (Wildman–Crippen LogP) is 1.73. The van der Waals surface area contributed by atoms with Crippen LogP contribution in [0.5, 0.6) is 0 Å². The van der Waals surface area contributed by atoms with Gasteiger partial charge in [-0.05, 0) is 31.4 Å². The Kier molecular flexibility index (Phi) is 4.04. The Morgan fingerprint density at radius 3 is 2.96 bits per heavy atom. The van der Waals surface area contributed by atoms with Crippen LogP contribution in [0.25, 0.3) is 0 Å².